The van der Waals surface area contributed by atoms with Crippen molar-refractivity contribution in [2.24, 2.45) is 0 Å². The number of halogens is 1. The lowest BCUT2D eigenvalue weighted by Gasteiger charge is -2.10. The largest absolute Gasteiger partial charge is 0.382 e. The normalized spacial score (nSPS) is 10.7. The molecule has 0 atom stereocenters. The number of benzene rings is 1. The van der Waals surface area contributed by atoms with Crippen molar-refractivity contribution in [3.63, 3.8) is 0 Å². The molecule has 1 aromatic heterocycles. The maximum absolute atomic E-state index is 12.1. The first-order valence-corrected chi connectivity index (χ1v) is 7.67. The van der Waals surface area contributed by atoms with Crippen molar-refractivity contribution in [2.75, 3.05) is 11.1 Å². The van der Waals surface area contributed by atoms with Crippen molar-refractivity contribution >= 4 is 39.9 Å². The summed E-state index contributed by atoms with van der Waals surface area (Å²) in [4.78, 5) is 12.1. The zero-order chi connectivity index (χ0) is 15.4. The van der Waals surface area contributed by atoms with Crippen LogP contribution < -0.4 is 16.4 Å². The first-order chi connectivity index (χ1) is 9.97. The van der Waals surface area contributed by atoms with Gasteiger partial charge in [-0.25, -0.2) is 0 Å². The summed E-state index contributed by atoms with van der Waals surface area (Å²) in [6.45, 7) is 4.37. The van der Waals surface area contributed by atoms with Crippen molar-refractivity contribution in [1.29, 1.82) is 0 Å². The maximum Gasteiger partial charge on any atom is 0.258 e. The second-order valence-corrected chi connectivity index (χ2v) is 6.09. The third kappa shape index (κ3) is 4.09. The van der Waals surface area contributed by atoms with E-state index in [-0.39, 0.29) is 17.8 Å². The molecule has 2 rings (SSSR count). The lowest BCUT2D eigenvalue weighted by atomic mass is 10.2. The van der Waals surface area contributed by atoms with Crippen molar-refractivity contribution in [3.05, 3.63) is 40.4 Å². The highest BCUT2D eigenvalue weighted by Gasteiger charge is 2.19. The minimum Gasteiger partial charge on any atom is -0.382 e. The second kappa shape index (κ2) is 6.78. The van der Waals surface area contributed by atoms with E-state index in [9.17, 15) is 4.79 Å². The topological polar surface area (TPSA) is 80.0 Å². The Morgan fingerprint density at radius 2 is 2.05 bits per heavy atom. The average Bonchev–Trinajstić information content (AvgIpc) is 2.78. The lowest BCUT2D eigenvalue weighted by molar-refractivity contribution is 0.0945. The lowest BCUT2D eigenvalue weighted by Crippen LogP contribution is -2.30. The van der Waals surface area contributed by atoms with Gasteiger partial charge in [0.15, 0.2) is 5.82 Å². The Balaban J connectivity index is 2.10. The van der Waals surface area contributed by atoms with Crippen molar-refractivity contribution in [1.82, 2.24) is 9.69 Å². The number of rotatable bonds is 5. The SMILES string of the molecule is CC(C)NC(=O)c1c(N)nsc1NCc1ccc(Cl)cc1. The Morgan fingerprint density at radius 3 is 2.67 bits per heavy atom. The van der Waals surface area contributed by atoms with E-state index in [0.29, 0.717) is 22.1 Å². The minimum absolute atomic E-state index is 0.0425. The van der Waals surface area contributed by atoms with Crippen LogP contribution in [-0.4, -0.2) is 16.3 Å². The number of nitrogen functional groups attached to an aromatic ring is 1. The standard InChI is InChI=1S/C14H17ClN4OS/c1-8(2)18-13(20)11-12(16)19-21-14(11)17-7-9-3-5-10(15)6-4-9/h3-6,8,17H,7H2,1-2H3,(H2,16,19)(H,18,20). The van der Waals surface area contributed by atoms with Crippen LogP contribution in [0.1, 0.15) is 29.8 Å². The number of hydrogen-bond acceptors (Lipinski definition) is 5. The molecule has 0 unspecified atom stereocenters. The van der Waals surface area contributed by atoms with E-state index in [1.165, 1.54) is 11.5 Å². The van der Waals surface area contributed by atoms with Crippen LogP contribution in [0.5, 0.6) is 0 Å². The molecule has 0 bridgehead atoms. The fourth-order valence-corrected chi connectivity index (χ4v) is 2.59. The van der Waals surface area contributed by atoms with E-state index >= 15 is 0 Å². The van der Waals surface area contributed by atoms with Crippen molar-refractivity contribution < 1.29 is 4.79 Å². The molecule has 0 aliphatic rings. The summed E-state index contributed by atoms with van der Waals surface area (Å²) in [7, 11) is 0. The first kappa shape index (κ1) is 15.6. The average molecular weight is 325 g/mol. The molecule has 112 valence electrons. The number of carbonyl (C=O) groups is 1. The molecule has 0 spiro atoms. The monoisotopic (exact) mass is 324 g/mol. The van der Waals surface area contributed by atoms with Crippen LogP contribution in [0.4, 0.5) is 10.8 Å². The highest BCUT2D eigenvalue weighted by atomic mass is 35.5. The van der Waals surface area contributed by atoms with Gasteiger partial charge in [0.05, 0.1) is 0 Å². The van der Waals surface area contributed by atoms with Gasteiger partial charge in [-0.05, 0) is 43.1 Å². The predicted molar refractivity (Wildman–Crippen MR) is 87.9 cm³/mol. The summed E-state index contributed by atoms with van der Waals surface area (Å²) >= 11 is 7.03. The number of nitrogens with two attached hydrogens (primary N) is 1. The summed E-state index contributed by atoms with van der Waals surface area (Å²) in [5, 5.41) is 7.38. The van der Waals surface area contributed by atoms with Gasteiger partial charge in [-0.1, -0.05) is 23.7 Å². The molecule has 5 nitrogen and oxygen atoms in total. The molecule has 0 radical (unpaired) electrons. The molecule has 0 saturated heterocycles. The van der Waals surface area contributed by atoms with Gasteiger partial charge in [0.1, 0.15) is 10.6 Å². The molecule has 4 N–H and O–H groups in total. The van der Waals surface area contributed by atoms with Gasteiger partial charge in [0.25, 0.3) is 5.91 Å². The van der Waals surface area contributed by atoms with E-state index in [2.05, 4.69) is 15.0 Å². The molecule has 0 aliphatic carbocycles. The fourth-order valence-electron chi connectivity index (χ4n) is 1.76. The van der Waals surface area contributed by atoms with Crippen LogP contribution in [0.3, 0.4) is 0 Å². The Kier molecular flexibility index (Phi) is 5.03. The zero-order valence-electron chi connectivity index (χ0n) is 11.8. The number of amides is 1. The molecule has 0 aliphatic heterocycles. The number of aromatic nitrogens is 1. The Bertz CT molecular complexity index is 624. The number of hydrogen-bond donors (Lipinski definition) is 3. The Morgan fingerprint density at radius 1 is 1.38 bits per heavy atom. The van der Waals surface area contributed by atoms with E-state index in [4.69, 9.17) is 17.3 Å². The molecule has 21 heavy (non-hydrogen) atoms. The Labute approximate surface area is 132 Å². The summed E-state index contributed by atoms with van der Waals surface area (Å²) in [6.07, 6.45) is 0. The molecule has 0 saturated carbocycles. The van der Waals surface area contributed by atoms with Crippen molar-refractivity contribution in [2.45, 2.75) is 26.4 Å². The summed E-state index contributed by atoms with van der Waals surface area (Å²) in [5.41, 5.74) is 7.25. The summed E-state index contributed by atoms with van der Waals surface area (Å²) in [5.74, 6) is 0.0339. The highest BCUT2D eigenvalue weighted by Crippen LogP contribution is 2.27. The van der Waals surface area contributed by atoms with Crippen molar-refractivity contribution in [3.8, 4) is 0 Å². The van der Waals surface area contributed by atoms with E-state index in [1.54, 1.807) is 0 Å². The number of carbonyl (C=O) groups excluding carboxylic acids is 1. The van der Waals surface area contributed by atoms with E-state index in [1.807, 2.05) is 38.1 Å². The Hall–Kier alpha value is -1.79. The quantitative estimate of drug-likeness (QED) is 0.789. The van der Waals surface area contributed by atoms with Crippen LogP contribution >= 0.6 is 23.1 Å². The van der Waals surface area contributed by atoms with Gasteiger partial charge in [0, 0.05) is 17.6 Å². The van der Waals surface area contributed by atoms with Gasteiger partial charge < -0.3 is 16.4 Å². The molecule has 1 amide bonds. The third-order valence-electron chi connectivity index (χ3n) is 2.73. The molecule has 0 fully saturated rings. The maximum atomic E-state index is 12.1. The molecule has 2 aromatic rings. The number of nitrogens with one attached hydrogen (secondary N) is 2. The zero-order valence-corrected chi connectivity index (χ0v) is 13.4. The molecular weight excluding hydrogens is 308 g/mol. The molecule has 1 aromatic carbocycles. The van der Waals surface area contributed by atoms with Crippen LogP contribution in [0.2, 0.25) is 5.02 Å². The molecule has 1 heterocycles. The number of nitrogens with zero attached hydrogens (tertiary/aromatic N) is 1. The van der Waals surface area contributed by atoms with Crippen LogP contribution in [0.15, 0.2) is 24.3 Å². The van der Waals surface area contributed by atoms with Gasteiger partial charge in [-0.2, -0.15) is 4.37 Å². The predicted octanol–water partition coefficient (Wildman–Crippen LogP) is 3.13. The highest BCUT2D eigenvalue weighted by molar-refractivity contribution is 7.11. The molecular formula is C14H17ClN4OS. The second-order valence-electron chi connectivity index (χ2n) is 4.88. The summed E-state index contributed by atoms with van der Waals surface area (Å²) in [6, 6.07) is 7.54. The van der Waals surface area contributed by atoms with Gasteiger partial charge in [0.2, 0.25) is 0 Å². The van der Waals surface area contributed by atoms with E-state index < -0.39 is 0 Å². The first-order valence-electron chi connectivity index (χ1n) is 6.51. The van der Waals surface area contributed by atoms with Gasteiger partial charge in [-0.3, -0.25) is 4.79 Å². The number of anilines is 2. The minimum atomic E-state index is -0.213. The van der Waals surface area contributed by atoms with Gasteiger partial charge in [-0.15, -0.1) is 0 Å². The van der Waals surface area contributed by atoms with Crippen LogP contribution in [-0.2, 0) is 6.54 Å². The van der Waals surface area contributed by atoms with Crippen LogP contribution in [0, 0.1) is 0 Å². The molecule has 7 heteroatoms. The van der Waals surface area contributed by atoms with E-state index in [0.717, 1.165) is 5.56 Å². The third-order valence-corrected chi connectivity index (χ3v) is 3.80. The van der Waals surface area contributed by atoms with Crippen LogP contribution in [0.25, 0.3) is 0 Å². The summed E-state index contributed by atoms with van der Waals surface area (Å²) < 4.78 is 4.05. The fraction of sp³-hybridized carbons (Fsp3) is 0.286. The smallest absolute Gasteiger partial charge is 0.258 e. The van der Waals surface area contributed by atoms with Gasteiger partial charge >= 0.3 is 0 Å².